The van der Waals surface area contributed by atoms with Crippen molar-refractivity contribution in [2.75, 3.05) is 24.4 Å². The Morgan fingerprint density at radius 2 is 1.29 bits per heavy atom. The Labute approximate surface area is 263 Å². The highest BCUT2D eigenvalue weighted by atomic mass is 79.9. The third-order valence-corrected chi connectivity index (χ3v) is 8.17. The van der Waals surface area contributed by atoms with Gasteiger partial charge in [0, 0.05) is 28.0 Å². The topological polar surface area (TPSA) is 82.8 Å². The van der Waals surface area contributed by atoms with E-state index in [1.54, 1.807) is 30.3 Å². The van der Waals surface area contributed by atoms with Gasteiger partial charge >= 0.3 is 11.9 Å². The van der Waals surface area contributed by atoms with Crippen LogP contribution in [0.4, 0.5) is 0 Å². The van der Waals surface area contributed by atoms with Crippen molar-refractivity contribution in [2.24, 2.45) is 0 Å². The van der Waals surface area contributed by atoms with E-state index in [2.05, 4.69) is 31.9 Å². The number of esters is 2. The Bertz CT molecular complexity index is 1510. The fraction of sp³-hybridized carbons (Fsp3) is 0.324. The molecule has 4 aromatic rings. The molecule has 0 spiro atoms. The van der Waals surface area contributed by atoms with E-state index in [9.17, 15) is 14.4 Å². The second-order valence-electron chi connectivity index (χ2n) is 10.0. The fourth-order valence-corrected chi connectivity index (χ4v) is 5.33. The molecule has 42 heavy (non-hydrogen) atoms. The van der Waals surface area contributed by atoms with E-state index < -0.39 is 5.97 Å². The van der Waals surface area contributed by atoms with Gasteiger partial charge in [0.1, 0.15) is 11.3 Å². The molecule has 1 aromatic heterocycles. The van der Waals surface area contributed by atoms with Crippen molar-refractivity contribution in [3.63, 3.8) is 0 Å². The van der Waals surface area contributed by atoms with Crippen molar-refractivity contribution in [3.05, 3.63) is 106 Å². The van der Waals surface area contributed by atoms with Crippen molar-refractivity contribution in [2.45, 2.75) is 44.9 Å². The number of hydrogen-bond donors (Lipinski definition) is 0. The van der Waals surface area contributed by atoms with Gasteiger partial charge in [-0.25, -0.2) is 9.59 Å². The van der Waals surface area contributed by atoms with Crippen molar-refractivity contribution < 1.29 is 28.3 Å². The molecule has 0 aliphatic carbocycles. The molecule has 4 rings (SSSR count). The van der Waals surface area contributed by atoms with Crippen LogP contribution in [0, 0.1) is 0 Å². The molecule has 0 N–H and O–H groups in total. The molecule has 0 saturated heterocycles. The zero-order valence-corrected chi connectivity index (χ0v) is 26.8. The summed E-state index contributed by atoms with van der Waals surface area (Å²) in [5.74, 6) is -0.448. The highest BCUT2D eigenvalue weighted by Gasteiger charge is 2.23. The van der Waals surface area contributed by atoms with Crippen LogP contribution in [-0.4, -0.2) is 42.1 Å². The van der Waals surface area contributed by atoms with Gasteiger partial charge in [0.2, 0.25) is 0 Å². The summed E-state index contributed by atoms with van der Waals surface area (Å²) in [5, 5.41) is 2.44. The predicted octanol–water partition coefficient (Wildman–Crippen LogP) is 8.29. The number of halogens is 2. The van der Waals surface area contributed by atoms with E-state index >= 15 is 0 Å². The first-order valence-electron chi connectivity index (χ1n) is 14.1. The van der Waals surface area contributed by atoms with Crippen LogP contribution in [0.25, 0.3) is 11.0 Å². The number of fused-ring (bicyclic) bond motifs is 1. The molecular weight excluding hydrogens is 664 g/mol. The number of rotatable bonds is 15. The van der Waals surface area contributed by atoms with Crippen LogP contribution >= 0.6 is 31.9 Å². The van der Waals surface area contributed by atoms with E-state index in [1.807, 2.05) is 36.4 Å². The number of benzene rings is 3. The summed E-state index contributed by atoms with van der Waals surface area (Å²) < 4.78 is 16.5. The smallest absolute Gasteiger partial charge is 0.338 e. The number of alkyl halides is 2. The van der Waals surface area contributed by atoms with E-state index in [0.717, 1.165) is 41.9 Å². The molecule has 6 nitrogen and oxygen atoms in total. The fourth-order valence-electron chi connectivity index (χ4n) is 4.77. The van der Waals surface area contributed by atoms with Crippen LogP contribution < -0.4 is 0 Å². The lowest BCUT2D eigenvalue weighted by Gasteiger charge is -2.07. The standard InChI is InChI=1S/C34H34Br2O6/c1-40-33(38)27-17-18-29-28(22-27)31(32(37)25-13-9-23(10-14-25)6-4-19-35)30(42-29)8-2-3-21-41-34(39)26-15-11-24(12-16-26)7-5-20-36/h9-18,22H,2-8,19-21H2,1H3. The summed E-state index contributed by atoms with van der Waals surface area (Å²) in [6.07, 6.45) is 5.67. The van der Waals surface area contributed by atoms with Gasteiger partial charge in [0.05, 0.1) is 30.4 Å². The molecule has 0 atom stereocenters. The summed E-state index contributed by atoms with van der Waals surface area (Å²) in [6.45, 7) is 0.260. The second-order valence-corrected chi connectivity index (χ2v) is 11.6. The van der Waals surface area contributed by atoms with Gasteiger partial charge in [0.15, 0.2) is 5.78 Å². The zero-order valence-electron chi connectivity index (χ0n) is 23.6. The number of methoxy groups -OCH3 is 1. The van der Waals surface area contributed by atoms with Crippen LogP contribution in [0.15, 0.2) is 71.1 Å². The van der Waals surface area contributed by atoms with Crippen LogP contribution in [-0.2, 0) is 28.7 Å². The third-order valence-electron chi connectivity index (χ3n) is 7.04. The Morgan fingerprint density at radius 1 is 0.690 bits per heavy atom. The number of ketones is 1. The maximum Gasteiger partial charge on any atom is 0.338 e. The SMILES string of the molecule is COC(=O)c1ccc2oc(CCCCOC(=O)c3ccc(CCCBr)cc3)c(C(=O)c3ccc(CCCBr)cc3)c2c1. The number of furan rings is 1. The first kappa shape index (κ1) is 31.7. The highest BCUT2D eigenvalue weighted by molar-refractivity contribution is 9.09. The lowest BCUT2D eigenvalue weighted by molar-refractivity contribution is 0.0497. The first-order chi connectivity index (χ1) is 20.4. The van der Waals surface area contributed by atoms with E-state index in [1.165, 1.54) is 12.7 Å². The van der Waals surface area contributed by atoms with Crippen LogP contribution in [0.1, 0.15) is 79.2 Å². The summed E-state index contributed by atoms with van der Waals surface area (Å²) >= 11 is 6.89. The molecule has 0 radical (unpaired) electrons. The molecule has 0 aliphatic rings. The van der Waals surface area contributed by atoms with Crippen molar-refractivity contribution in [1.82, 2.24) is 0 Å². The minimum Gasteiger partial charge on any atom is -0.465 e. The first-order valence-corrected chi connectivity index (χ1v) is 16.3. The average Bonchev–Trinajstić information content (AvgIpc) is 3.39. The number of carbonyl (C=O) groups is 3. The van der Waals surface area contributed by atoms with E-state index in [-0.39, 0.29) is 18.4 Å². The lowest BCUT2D eigenvalue weighted by atomic mass is 9.96. The molecule has 0 saturated carbocycles. The Morgan fingerprint density at radius 3 is 1.88 bits per heavy atom. The molecule has 0 aliphatic heterocycles. The second kappa shape index (κ2) is 15.8. The third kappa shape index (κ3) is 8.19. The molecule has 8 heteroatoms. The van der Waals surface area contributed by atoms with E-state index in [0.29, 0.717) is 58.2 Å². The van der Waals surface area contributed by atoms with Crippen LogP contribution in [0.3, 0.4) is 0 Å². The number of carbonyl (C=O) groups excluding carboxylic acids is 3. The maximum absolute atomic E-state index is 13.8. The molecule has 0 fully saturated rings. The van der Waals surface area contributed by atoms with Gasteiger partial charge in [-0.2, -0.15) is 0 Å². The molecular formula is C34H34Br2O6. The summed E-state index contributed by atoms with van der Waals surface area (Å²) in [6, 6.07) is 20.1. The maximum atomic E-state index is 13.8. The Balaban J connectivity index is 1.45. The van der Waals surface area contributed by atoms with Gasteiger partial charge in [-0.15, -0.1) is 0 Å². The summed E-state index contributed by atoms with van der Waals surface area (Å²) in [4.78, 5) is 38.5. The van der Waals surface area contributed by atoms with Crippen molar-refractivity contribution >= 4 is 60.6 Å². The molecule has 0 amide bonds. The van der Waals surface area contributed by atoms with Gasteiger partial charge in [-0.1, -0.05) is 68.3 Å². The lowest BCUT2D eigenvalue weighted by Crippen LogP contribution is -2.07. The largest absolute Gasteiger partial charge is 0.465 e. The van der Waals surface area contributed by atoms with E-state index in [4.69, 9.17) is 13.9 Å². The van der Waals surface area contributed by atoms with Gasteiger partial charge in [-0.05, 0) is 80.0 Å². The van der Waals surface area contributed by atoms with Crippen LogP contribution in [0.2, 0.25) is 0 Å². The number of ether oxygens (including phenoxy) is 2. The van der Waals surface area contributed by atoms with Gasteiger partial charge in [0.25, 0.3) is 0 Å². The minimum absolute atomic E-state index is 0.163. The van der Waals surface area contributed by atoms with Crippen molar-refractivity contribution in [1.29, 1.82) is 0 Å². The average molecular weight is 698 g/mol. The molecule has 220 valence electrons. The van der Waals surface area contributed by atoms with Crippen molar-refractivity contribution in [3.8, 4) is 0 Å². The molecule has 1 heterocycles. The summed E-state index contributed by atoms with van der Waals surface area (Å²) in [7, 11) is 1.32. The Kier molecular flexibility index (Phi) is 12.0. The quantitative estimate of drug-likeness (QED) is 0.0538. The molecule has 0 bridgehead atoms. The van der Waals surface area contributed by atoms with Gasteiger partial charge in [-0.3, -0.25) is 4.79 Å². The highest BCUT2D eigenvalue weighted by Crippen LogP contribution is 2.31. The van der Waals surface area contributed by atoms with Crippen LogP contribution in [0.5, 0.6) is 0 Å². The number of unbranched alkanes of at least 4 members (excludes halogenated alkanes) is 1. The predicted molar refractivity (Wildman–Crippen MR) is 171 cm³/mol. The number of hydrogen-bond acceptors (Lipinski definition) is 6. The Hall–Kier alpha value is -3.23. The monoisotopic (exact) mass is 696 g/mol. The molecule has 0 unspecified atom stereocenters. The zero-order chi connectivity index (χ0) is 29.9. The normalized spacial score (nSPS) is 11.0. The minimum atomic E-state index is -0.482. The van der Waals surface area contributed by atoms with Gasteiger partial charge < -0.3 is 13.9 Å². The number of aryl methyl sites for hydroxylation is 3. The molecule has 3 aromatic carbocycles. The summed E-state index contributed by atoms with van der Waals surface area (Å²) in [5.41, 5.74) is 4.75.